The summed E-state index contributed by atoms with van der Waals surface area (Å²) < 4.78 is 1.20. The Morgan fingerprint density at radius 3 is 2.69 bits per heavy atom. The van der Waals surface area contributed by atoms with Crippen molar-refractivity contribution in [3.05, 3.63) is 34.7 Å². The predicted molar refractivity (Wildman–Crippen MR) is 57.6 cm³/mol. The van der Waals surface area contributed by atoms with Gasteiger partial charge in [-0.2, -0.15) is 0 Å². The summed E-state index contributed by atoms with van der Waals surface area (Å²) in [6.45, 7) is 2.01. The van der Waals surface area contributed by atoms with Crippen LogP contribution in [0.25, 0.3) is 10.1 Å². The van der Waals surface area contributed by atoms with Gasteiger partial charge in [0.15, 0.2) is 0 Å². The highest BCUT2D eigenvalue weighted by molar-refractivity contribution is 7.21. The van der Waals surface area contributed by atoms with Crippen molar-refractivity contribution in [3.63, 3.8) is 0 Å². The van der Waals surface area contributed by atoms with Gasteiger partial charge in [0.1, 0.15) is 5.84 Å². The van der Waals surface area contributed by atoms with E-state index in [1.165, 1.54) is 10.1 Å². The molecule has 0 saturated carbocycles. The van der Waals surface area contributed by atoms with Crippen LogP contribution in [0, 0.1) is 12.3 Å². The first-order valence-electron chi connectivity index (χ1n) is 4.02. The van der Waals surface area contributed by atoms with E-state index in [1.54, 1.807) is 11.3 Å². The number of hydrogen-bond donors (Lipinski definition) is 2. The highest BCUT2D eigenvalue weighted by Crippen LogP contribution is 2.29. The minimum atomic E-state index is 0.165. The third kappa shape index (κ3) is 1.21. The van der Waals surface area contributed by atoms with Gasteiger partial charge in [0.25, 0.3) is 0 Å². The topological polar surface area (TPSA) is 49.9 Å². The first-order chi connectivity index (χ1) is 6.20. The number of nitrogens with one attached hydrogen (secondary N) is 1. The van der Waals surface area contributed by atoms with E-state index < -0.39 is 0 Å². The fourth-order valence-corrected chi connectivity index (χ4v) is 2.50. The van der Waals surface area contributed by atoms with Gasteiger partial charge in [-0.3, -0.25) is 5.41 Å². The second-order valence-electron chi connectivity index (χ2n) is 2.97. The zero-order chi connectivity index (χ0) is 9.42. The Kier molecular flexibility index (Phi) is 1.81. The Morgan fingerprint density at radius 2 is 2.08 bits per heavy atom. The maximum Gasteiger partial charge on any atom is 0.133 e. The lowest BCUT2D eigenvalue weighted by Gasteiger charge is -1.93. The molecule has 0 spiro atoms. The minimum absolute atomic E-state index is 0.165. The highest BCUT2D eigenvalue weighted by atomic mass is 32.1. The van der Waals surface area contributed by atoms with Crippen molar-refractivity contribution >= 4 is 27.3 Å². The summed E-state index contributed by atoms with van der Waals surface area (Å²) in [5.41, 5.74) is 6.59. The number of fused-ring (bicyclic) bond motifs is 1. The van der Waals surface area contributed by atoms with Gasteiger partial charge in [-0.05, 0) is 23.9 Å². The van der Waals surface area contributed by atoms with Crippen LogP contribution in [0.5, 0.6) is 0 Å². The second kappa shape index (κ2) is 2.85. The normalized spacial score (nSPS) is 10.5. The molecule has 0 radical (unpaired) electrons. The molecule has 0 unspecified atom stereocenters. The van der Waals surface area contributed by atoms with Crippen LogP contribution < -0.4 is 5.73 Å². The van der Waals surface area contributed by atoms with E-state index in [9.17, 15) is 0 Å². The first-order valence-corrected chi connectivity index (χ1v) is 4.84. The molecule has 3 N–H and O–H groups in total. The largest absolute Gasteiger partial charge is 0.383 e. The van der Waals surface area contributed by atoms with Gasteiger partial charge in [0, 0.05) is 4.70 Å². The molecule has 0 aliphatic heterocycles. The minimum Gasteiger partial charge on any atom is -0.383 e. The standard InChI is InChI=1S/C10H10N2S/c1-6-7-4-2-3-5-8(7)13-9(6)10(11)12/h2-5H,1H3,(H3,11,12). The molecule has 13 heavy (non-hydrogen) atoms. The van der Waals surface area contributed by atoms with E-state index in [2.05, 4.69) is 12.1 Å². The van der Waals surface area contributed by atoms with Gasteiger partial charge in [0.05, 0.1) is 4.88 Å². The Hall–Kier alpha value is -1.35. The van der Waals surface area contributed by atoms with Gasteiger partial charge < -0.3 is 5.73 Å². The molecule has 3 heteroatoms. The average molecular weight is 190 g/mol. The summed E-state index contributed by atoms with van der Waals surface area (Å²) in [5, 5.41) is 8.60. The third-order valence-electron chi connectivity index (χ3n) is 2.09. The van der Waals surface area contributed by atoms with Crippen LogP contribution in [-0.2, 0) is 0 Å². The van der Waals surface area contributed by atoms with E-state index in [0.717, 1.165) is 10.4 Å². The SMILES string of the molecule is Cc1c(C(=N)N)sc2ccccc12. The van der Waals surface area contributed by atoms with E-state index >= 15 is 0 Å². The molecule has 0 aliphatic carbocycles. The van der Waals surface area contributed by atoms with Crippen LogP contribution in [0.15, 0.2) is 24.3 Å². The van der Waals surface area contributed by atoms with Crippen LogP contribution in [0.4, 0.5) is 0 Å². The molecule has 1 aromatic carbocycles. The highest BCUT2D eigenvalue weighted by Gasteiger charge is 2.08. The van der Waals surface area contributed by atoms with Gasteiger partial charge in [-0.15, -0.1) is 11.3 Å². The number of rotatable bonds is 1. The molecule has 0 aliphatic rings. The predicted octanol–water partition coefficient (Wildman–Crippen LogP) is 2.49. The Labute approximate surface area is 80.5 Å². The summed E-state index contributed by atoms with van der Waals surface area (Å²) in [5.74, 6) is 0.165. The number of nitrogens with two attached hydrogens (primary N) is 1. The zero-order valence-corrected chi connectivity index (χ0v) is 8.11. The van der Waals surface area contributed by atoms with Crippen molar-refractivity contribution in [1.29, 1.82) is 5.41 Å². The van der Waals surface area contributed by atoms with E-state index in [1.807, 2.05) is 19.1 Å². The molecule has 0 atom stereocenters. The maximum atomic E-state index is 7.40. The van der Waals surface area contributed by atoms with E-state index in [4.69, 9.17) is 11.1 Å². The molecule has 1 aromatic heterocycles. The van der Waals surface area contributed by atoms with E-state index in [0.29, 0.717) is 0 Å². The zero-order valence-electron chi connectivity index (χ0n) is 7.29. The van der Waals surface area contributed by atoms with Crippen LogP contribution in [0.1, 0.15) is 10.4 Å². The summed E-state index contributed by atoms with van der Waals surface area (Å²) in [7, 11) is 0. The second-order valence-corrected chi connectivity index (χ2v) is 4.02. The maximum absolute atomic E-state index is 7.40. The third-order valence-corrected chi connectivity index (χ3v) is 3.39. The van der Waals surface area contributed by atoms with Crippen LogP contribution in [0.2, 0.25) is 0 Å². The number of thiophene rings is 1. The molecule has 0 amide bonds. The monoisotopic (exact) mass is 190 g/mol. The van der Waals surface area contributed by atoms with Crippen molar-refractivity contribution in [2.24, 2.45) is 5.73 Å². The summed E-state index contributed by atoms with van der Waals surface area (Å²) in [4.78, 5) is 0.890. The molecule has 1 heterocycles. The van der Waals surface area contributed by atoms with Crippen LogP contribution in [-0.4, -0.2) is 5.84 Å². The molecule has 2 nitrogen and oxygen atoms in total. The quantitative estimate of drug-likeness (QED) is 0.527. The molecule has 2 aromatic rings. The number of benzene rings is 1. The molecular formula is C10H10N2S. The molecule has 66 valence electrons. The van der Waals surface area contributed by atoms with Crippen molar-refractivity contribution in [3.8, 4) is 0 Å². The van der Waals surface area contributed by atoms with Crippen molar-refractivity contribution in [1.82, 2.24) is 0 Å². The van der Waals surface area contributed by atoms with Crippen molar-refractivity contribution < 1.29 is 0 Å². The number of nitrogen functional groups attached to an aromatic ring is 1. The number of amidine groups is 1. The van der Waals surface area contributed by atoms with Gasteiger partial charge >= 0.3 is 0 Å². The first kappa shape index (κ1) is 8.26. The molecule has 0 saturated heterocycles. The smallest absolute Gasteiger partial charge is 0.133 e. The Bertz CT molecular complexity index is 471. The fraction of sp³-hybridized carbons (Fsp3) is 0.100. The van der Waals surface area contributed by atoms with Gasteiger partial charge in [0.2, 0.25) is 0 Å². The van der Waals surface area contributed by atoms with Crippen molar-refractivity contribution in [2.75, 3.05) is 0 Å². The van der Waals surface area contributed by atoms with Gasteiger partial charge in [-0.25, -0.2) is 0 Å². The molecule has 2 rings (SSSR count). The number of aryl methyl sites for hydroxylation is 1. The lowest BCUT2D eigenvalue weighted by molar-refractivity contribution is 1.43. The summed E-state index contributed by atoms with van der Waals surface area (Å²) in [6.07, 6.45) is 0. The van der Waals surface area contributed by atoms with Crippen LogP contribution >= 0.6 is 11.3 Å². The van der Waals surface area contributed by atoms with Crippen molar-refractivity contribution in [2.45, 2.75) is 6.92 Å². The lowest BCUT2D eigenvalue weighted by atomic mass is 10.1. The average Bonchev–Trinajstić information content (AvgIpc) is 2.45. The van der Waals surface area contributed by atoms with E-state index in [-0.39, 0.29) is 5.84 Å². The summed E-state index contributed by atoms with van der Waals surface area (Å²) in [6, 6.07) is 8.13. The molecule has 0 bridgehead atoms. The fourth-order valence-electron chi connectivity index (χ4n) is 1.43. The van der Waals surface area contributed by atoms with Gasteiger partial charge in [-0.1, -0.05) is 18.2 Å². The molecular weight excluding hydrogens is 180 g/mol. The van der Waals surface area contributed by atoms with Crippen LogP contribution in [0.3, 0.4) is 0 Å². The summed E-state index contributed by atoms with van der Waals surface area (Å²) >= 11 is 1.58. The molecule has 0 fully saturated rings. The Morgan fingerprint density at radius 1 is 1.38 bits per heavy atom. The number of hydrogen-bond acceptors (Lipinski definition) is 2. The Balaban J connectivity index is 2.81. The lowest BCUT2D eigenvalue weighted by Crippen LogP contribution is -2.09.